The van der Waals surface area contributed by atoms with Gasteiger partial charge in [-0.25, -0.2) is 4.39 Å². The maximum atomic E-state index is 12.8. The third-order valence-corrected chi connectivity index (χ3v) is 3.59. The number of hydrogen-bond acceptors (Lipinski definition) is 2. The summed E-state index contributed by atoms with van der Waals surface area (Å²) in [4.78, 5) is 15.5. The standard InChI is InChI=1S/C16H21FN2O/c1-18(11-14-10-16(20)19(2)12-14)9-3-4-13-5-7-15(17)8-6-13/h3-8,14H,9-12H2,1-2H3/b4-3+/t14-/m0/s1. The van der Waals surface area contributed by atoms with Gasteiger partial charge in [-0.15, -0.1) is 0 Å². The Morgan fingerprint density at radius 1 is 1.40 bits per heavy atom. The molecule has 1 aliphatic heterocycles. The summed E-state index contributed by atoms with van der Waals surface area (Å²) in [6.07, 6.45) is 4.71. The van der Waals surface area contributed by atoms with Crippen molar-refractivity contribution in [2.75, 3.05) is 33.7 Å². The lowest BCUT2D eigenvalue weighted by Crippen LogP contribution is -2.27. The zero-order valence-corrected chi connectivity index (χ0v) is 12.1. The fraction of sp³-hybridized carbons (Fsp3) is 0.438. The molecular formula is C16H21FN2O. The Bertz CT molecular complexity index is 484. The number of carbonyl (C=O) groups is 1. The number of amides is 1. The molecule has 1 aromatic carbocycles. The Morgan fingerprint density at radius 3 is 2.70 bits per heavy atom. The van der Waals surface area contributed by atoms with Crippen LogP contribution in [-0.2, 0) is 4.79 Å². The summed E-state index contributed by atoms with van der Waals surface area (Å²) in [6.45, 7) is 2.60. The second-order valence-corrected chi connectivity index (χ2v) is 5.52. The largest absolute Gasteiger partial charge is 0.345 e. The van der Waals surface area contributed by atoms with Gasteiger partial charge in [0.25, 0.3) is 0 Å². The van der Waals surface area contributed by atoms with Crippen molar-refractivity contribution in [3.63, 3.8) is 0 Å². The molecule has 20 heavy (non-hydrogen) atoms. The molecule has 0 aromatic heterocycles. The number of nitrogens with zero attached hydrogens (tertiary/aromatic N) is 2. The highest BCUT2D eigenvalue weighted by Crippen LogP contribution is 2.16. The predicted molar refractivity (Wildman–Crippen MR) is 78.7 cm³/mol. The van der Waals surface area contributed by atoms with E-state index in [4.69, 9.17) is 0 Å². The predicted octanol–water partition coefficient (Wildman–Crippen LogP) is 2.25. The summed E-state index contributed by atoms with van der Waals surface area (Å²) < 4.78 is 12.8. The number of carbonyl (C=O) groups excluding carboxylic acids is 1. The van der Waals surface area contributed by atoms with Crippen LogP contribution in [0.1, 0.15) is 12.0 Å². The van der Waals surface area contributed by atoms with Crippen molar-refractivity contribution in [1.82, 2.24) is 9.80 Å². The second-order valence-electron chi connectivity index (χ2n) is 5.52. The molecule has 1 atom stereocenters. The Balaban J connectivity index is 1.76. The zero-order valence-electron chi connectivity index (χ0n) is 12.1. The first-order chi connectivity index (χ1) is 9.54. The van der Waals surface area contributed by atoms with Gasteiger partial charge in [-0.2, -0.15) is 0 Å². The van der Waals surface area contributed by atoms with Crippen LogP contribution < -0.4 is 0 Å². The highest BCUT2D eigenvalue weighted by atomic mass is 19.1. The summed E-state index contributed by atoms with van der Waals surface area (Å²) in [5.41, 5.74) is 0.996. The van der Waals surface area contributed by atoms with Crippen LogP contribution in [0.3, 0.4) is 0 Å². The quantitative estimate of drug-likeness (QED) is 0.823. The minimum absolute atomic E-state index is 0.214. The fourth-order valence-corrected chi connectivity index (χ4v) is 2.54. The Kier molecular flexibility index (Phi) is 4.90. The molecule has 1 aromatic rings. The summed E-state index contributed by atoms with van der Waals surface area (Å²) in [6, 6.07) is 6.44. The van der Waals surface area contributed by atoms with E-state index in [1.807, 2.05) is 13.1 Å². The SMILES string of the molecule is CN(C/C=C/c1ccc(F)cc1)C[C@@H]1CC(=O)N(C)C1. The number of halogens is 1. The summed E-state index contributed by atoms with van der Waals surface area (Å²) >= 11 is 0. The summed E-state index contributed by atoms with van der Waals surface area (Å²) in [7, 11) is 3.91. The molecule has 1 saturated heterocycles. The molecule has 0 aliphatic carbocycles. The third kappa shape index (κ3) is 4.17. The molecule has 1 fully saturated rings. The Hall–Kier alpha value is -1.68. The Morgan fingerprint density at radius 2 is 2.10 bits per heavy atom. The van der Waals surface area contributed by atoms with Gasteiger partial charge in [0.15, 0.2) is 0 Å². The summed E-state index contributed by atoms with van der Waals surface area (Å²) in [5, 5.41) is 0. The van der Waals surface area contributed by atoms with Gasteiger partial charge in [0.05, 0.1) is 0 Å². The lowest BCUT2D eigenvalue weighted by molar-refractivity contribution is -0.126. The fourth-order valence-electron chi connectivity index (χ4n) is 2.54. The molecule has 1 heterocycles. The highest BCUT2D eigenvalue weighted by molar-refractivity contribution is 5.78. The molecule has 108 valence electrons. The van der Waals surface area contributed by atoms with E-state index in [9.17, 15) is 9.18 Å². The van der Waals surface area contributed by atoms with E-state index >= 15 is 0 Å². The monoisotopic (exact) mass is 276 g/mol. The van der Waals surface area contributed by atoms with E-state index < -0.39 is 0 Å². The lowest BCUT2D eigenvalue weighted by Gasteiger charge is -2.18. The van der Waals surface area contributed by atoms with Gasteiger partial charge >= 0.3 is 0 Å². The van der Waals surface area contributed by atoms with Crippen LogP contribution in [0.15, 0.2) is 30.3 Å². The van der Waals surface area contributed by atoms with Gasteiger partial charge in [0, 0.05) is 33.1 Å². The smallest absolute Gasteiger partial charge is 0.222 e. The molecule has 1 aliphatic rings. The van der Waals surface area contributed by atoms with Crippen LogP contribution in [0.2, 0.25) is 0 Å². The first-order valence-electron chi connectivity index (χ1n) is 6.89. The van der Waals surface area contributed by atoms with Crippen molar-refractivity contribution in [1.29, 1.82) is 0 Å². The number of likely N-dealkylation sites (tertiary alicyclic amines) is 1. The van der Waals surface area contributed by atoms with Crippen molar-refractivity contribution in [2.24, 2.45) is 5.92 Å². The number of likely N-dealkylation sites (N-methyl/N-ethyl adjacent to an activating group) is 1. The molecule has 0 radical (unpaired) electrons. The van der Waals surface area contributed by atoms with Crippen molar-refractivity contribution < 1.29 is 9.18 Å². The van der Waals surface area contributed by atoms with Crippen molar-refractivity contribution in [3.8, 4) is 0 Å². The van der Waals surface area contributed by atoms with Crippen LogP contribution in [0.4, 0.5) is 4.39 Å². The van der Waals surface area contributed by atoms with E-state index in [1.54, 1.807) is 17.0 Å². The first-order valence-corrected chi connectivity index (χ1v) is 6.89. The van der Waals surface area contributed by atoms with Gasteiger partial charge < -0.3 is 9.80 Å². The third-order valence-electron chi connectivity index (χ3n) is 3.59. The minimum atomic E-state index is -0.214. The normalized spacial score (nSPS) is 19.5. The molecule has 4 heteroatoms. The molecule has 0 bridgehead atoms. The van der Waals surface area contributed by atoms with E-state index in [-0.39, 0.29) is 11.7 Å². The number of rotatable bonds is 5. The number of benzene rings is 1. The van der Waals surface area contributed by atoms with Crippen molar-refractivity contribution in [2.45, 2.75) is 6.42 Å². The van der Waals surface area contributed by atoms with E-state index in [2.05, 4.69) is 18.0 Å². The average molecular weight is 276 g/mol. The van der Waals surface area contributed by atoms with Gasteiger partial charge in [-0.1, -0.05) is 24.3 Å². The van der Waals surface area contributed by atoms with Crippen molar-refractivity contribution in [3.05, 3.63) is 41.7 Å². The molecule has 0 unspecified atom stereocenters. The molecule has 0 saturated carbocycles. The van der Waals surface area contributed by atoms with Gasteiger partial charge in [-0.3, -0.25) is 4.79 Å². The van der Waals surface area contributed by atoms with E-state index in [0.29, 0.717) is 12.3 Å². The molecule has 3 nitrogen and oxygen atoms in total. The van der Waals surface area contributed by atoms with Crippen LogP contribution in [0, 0.1) is 11.7 Å². The maximum absolute atomic E-state index is 12.8. The van der Waals surface area contributed by atoms with E-state index in [0.717, 1.165) is 25.2 Å². The number of hydrogen-bond donors (Lipinski definition) is 0. The minimum Gasteiger partial charge on any atom is -0.345 e. The first kappa shape index (κ1) is 14.7. The molecule has 1 amide bonds. The maximum Gasteiger partial charge on any atom is 0.222 e. The van der Waals surface area contributed by atoms with Crippen LogP contribution in [-0.4, -0.2) is 49.4 Å². The highest BCUT2D eigenvalue weighted by Gasteiger charge is 2.27. The summed E-state index contributed by atoms with van der Waals surface area (Å²) in [5.74, 6) is 0.455. The molecule has 0 N–H and O–H groups in total. The average Bonchev–Trinajstić information content (AvgIpc) is 2.70. The van der Waals surface area contributed by atoms with Gasteiger partial charge in [0.1, 0.15) is 5.82 Å². The van der Waals surface area contributed by atoms with Crippen molar-refractivity contribution >= 4 is 12.0 Å². The van der Waals surface area contributed by atoms with Crippen LogP contribution >= 0.6 is 0 Å². The van der Waals surface area contributed by atoms with Gasteiger partial charge in [0.2, 0.25) is 5.91 Å². The van der Waals surface area contributed by atoms with Crippen LogP contribution in [0.5, 0.6) is 0 Å². The van der Waals surface area contributed by atoms with E-state index in [1.165, 1.54) is 12.1 Å². The van der Waals surface area contributed by atoms with Crippen LogP contribution in [0.25, 0.3) is 6.08 Å². The molecule has 2 rings (SSSR count). The second kappa shape index (κ2) is 6.66. The Labute approximate surface area is 119 Å². The lowest BCUT2D eigenvalue weighted by atomic mass is 10.1. The topological polar surface area (TPSA) is 23.6 Å². The zero-order chi connectivity index (χ0) is 14.5. The molecule has 0 spiro atoms. The molecular weight excluding hydrogens is 255 g/mol. The van der Waals surface area contributed by atoms with Gasteiger partial charge in [-0.05, 0) is 30.7 Å².